The lowest BCUT2D eigenvalue weighted by Crippen LogP contribution is -2.37. The molecule has 0 aliphatic carbocycles. The molecule has 84 valence electrons. The van der Waals surface area contributed by atoms with Gasteiger partial charge in [0.1, 0.15) is 11.6 Å². The molecule has 1 rings (SSSR count). The van der Waals surface area contributed by atoms with Gasteiger partial charge in [-0.25, -0.2) is 8.78 Å². The third-order valence-electron chi connectivity index (χ3n) is 2.69. The molecular formula is C11H15F2NO. The van der Waals surface area contributed by atoms with Crippen molar-refractivity contribution >= 4 is 0 Å². The first-order chi connectivity index (χ1) is 6.96. The van der Waals surface area contributed by atoms with Crippen LogP contribution < -0.4 is 5.73 Å². The van der Waals surface area contributed by atoms with Gasteiger partial charge in [-0.05, 0) is 18.6 Å². The van der Waals surface area contributed by atoms with E-state index in [9.17, 15) is 8.78 Å². The first-order valence-corrected chi connectivity index (χ1v) is 4.72. The highest BCUT2D eigenvalue weighted by molar-refractivity contribution is 5.33. The lowest BCUT2D eigenvalue weighted by atomic mass is 9.82. The molecule has 0 amide bonds. The summed E-state index contributed by atoms with van der Waals surface area (Å²) in [5.41, 5.74) is 4.59. The van der Waals surface area contributed by atoms with Crippen LogP contribution in [-0.2, 0) is 5.41 Å². The molecule has 4 heteroatoms. The van der Waals surface area contributed by atoms with Gasteiger partial charge in [-0.3, -0.25) is 0 Å². The number of rotatable bonds is 3. The minimum atomic E-state index is -1.07. The smallest absolute Gasteiger partial charge is 0.132 e. The zero-order valence-electron chi connectivity index (χ0n) is 8.85. The van der Waals surface area contributed by atoms with E-state index in [4.69, 9.17) is 10.8 Å². The Balaban J connectivity index is 3.41. The number of benzene rings is 1. The van der Waals surface area contributed by atoms with Crippen LogP contribution in [0.1, 0.15) is 18.1 Å². The first kappa shape index (κ1) is 12.1. The van der Waals surface area contributed by atoms with Crippen LogP contribution in [0, 0.1) is 18.6 Å². The van der Waals surface area contributed by atoms with Crippen LogP contribution in [0.2, 0.25) is 0 Å². The summed E-state index contributed by atoms with van der Waals surface area (Å²) in [5, 5.41) is 9.17. The number of hydrogen-bond donors (Lipinski definition) is 2. The summed E-state index contributed by atoms with van der Waals surface area (Å²) >= 11 is 0. The predicted octanol–water partition coefficient (Wildman–Crippen LogP) is 1.48. The van der Waals surface area contributed by atoms with Gasteiger partial charge in [0, 0.05) is 17.5 Å². The SMILES string of the molecule is Cc1ccc(F)c(C(C)(CN)CO)c1F. The lowest BCUT2D eigenvalue weighted by molar-refractivity contribution is 0.202. The Morgan fingerprint density at radius 1 is 1.40 bits per heavy atom. The van der Waals surface area contributed by atoms with Gasteiger partial charge in [0.25, 0.3) is 0 Å². The number of aliphatic hydroxyl groups excluding tert-OH is 1. The van der Waals surface area contributed by atoms with Crippen molar-refractivity contribution in [2.45, 2.75) is 19.3 Å². The summed E-state index contributed by atoms with van der Waals surface area (Å²) in [4.78, 5) is 0. The van der Waals surface area contributed by atoms with E-state index in [2.05, 4.69) is 0 Å². The molecule has 3 N–H and O–H groups in total. The van der Waals surface area contributed by atoms with Crippen LogP contribution in [0.4, 0.5) is 8.78 Å². The maximum Gasteiger partial charge on any atom is 0.132 e. The highest BCUT2D eigenvalue weighted by Gasteiger charge is 2.31. The molecule has 0 aromatic heterocycles. The molecule has 0 saturated carbocycles. The molecule has 0 spiro atoms. The number of nitrogens with two attached hydrogens (primary N) is 1. The largest absolute Gasteiger partial charge is 0.395 e. The molecule has 0 heterocycles. The van der Waals surface area contributed by atoms with E-state index < -0.39 is 17.0 Å². The monoisotopic (exact) mass is 215 g/mol. The Morgan fingerprint density at radius 3 is 2.47 bits per heavy atom. The van der Waals surface area contributed by atoms with Crippen molar-refractivity contribution in [2.75, 3.05) is 13.2 Å². The van der Waals surface area contributed by atoms with Gasteiger partial charge in [-0.15, -0.1) is 0 Å². The minimum Gasteiger partial charge on any atom is -0.395 e. The van der Waals surface area contributed by atoms with E-state index in [0.29, 0.717) is 5.56 Å². The second-order valence-electron chi connectivity index (χ2n) is 3.98. The van der Waals surface area contributed by atoms with E-state index in [-0.39, 0.29) is 18.7 Å². The van der Waals surface area contributed by atoms with Gasteiger partial charge in [-0.1, -0.05) is 13.0 Å². The fraction of sp³-hybridized carbons (Fsp3) is 0.455. The van der Waals surface area contributed by atoms with Crippen molar-refractivity contribution < 1.29 is 13.9 Å². The Kier molecular flexibility index (Phi) is 3.42. The van der Waals surface area contributed by atoms with Crippen molar-refractivity contribution in [3.8, 4) is 0 Å². The third-order valence-corrected chi connectivity index (χ3v) is 2.69. The molecule has 0 aliphatic rings. The Bertz CT molecular complexity index is 362. The molecule has 1 atom stereocenters. The Morgan fingerprint density at radius 2 is 2.00 bits per heavy atom. The average Bonchev–Trinajstić information content (AvgIpc) is 2.23. The normalized spacial score (nSPS) is 15.1. The third kappa shape index (κ3) is 2.01. The molecule has 1 unspecified atom stereocenters. The van der Waals surface area contributed by atoms with Gasteiger partial charge >= 0.3 is 0 Å². The van der Waals surface area contributed by atoms with Gasteiger partial charge < -0.3 is 10.8 Å². The predicted molar refractivity (Wildman–Crippen MR) is 54.6 cm³/mol. The molecule has 1 aromatic carbocycles. The number of halogens is 2. The van der Waals surface area contributed by atoms with Crippen molar-refractivity contribution in [1.29, 1.82) is 0 Å². The summed E-state index contributed by atoms with van der Waals surface area (Å²) in [6, 6.07) is 2.56. The van der Waals surface area contributed by atoms with E-state index in [0.717, 1.165) is 0 Å². The van der Waals surface area contributed by atoms with Crippen LogP contribution in [-0.4, -0.2) is 18.3 Å². The molecule has 0 bridgehead atoms. The summed E-state index contributed by atoms with van der Waals surface area (Å²) in [7, 11) is 0. The van der Waals surface area contributed by atoms with Crippen LogP contribution >= 0.6 is 0 Å². The van der Waals surface area contributed by atoms with Crippen LogP contribution in [0.15, 0.2) is 12.1 Å². The molecule has 2 nitrogen and oxygen atoms in total. The van der Waals surface area contributed by atoms with E-state index in [1.54, 1.807) is 6.92 Å². The van der Waals surface area contributed by atoms with Crippen LogP contribution in [0.5, 0.6) is 0 Å². The van der Waals surface area contributed by atoms with Crippen molar-refractivity contribution in [1.82, 2.24) is 0 Å². The molecular weight excluding hydrogens is 200 g/mol. The number of aliphatic hydroxyl groups is 1. The summed E-state index contributed by atoms with van der Waals surface area (Å²) < 4.78 is 27.2. The minimum absolute atomic E-state index is 0.0131. The van der Waals surface area contributed by atoms with E-state index >= 15 is 0 Å². The topological polar surface area (TPSA) is 46.2 Å². The molecule has 0 fully saturated rings. The first-order valence-electron chi connectivity index (χ1n) is 4.72. The Hall–Kier alpha value is -1.00. The zero-order chi connectivity index (χ0) is 11.6. The second-order valence-corrected chi connectivity index (χ2v) is 3.98. The molecule has 0 radical (unpaired) electrons. The quantitative estimate of drug-likeness (QED) is 0.802. The highest BCUT2D eigenvalue weighted by Crippen LogP contribution is 2.29. The maximum atomic E-state index is 13.7. The Labute approximate surface area is 87.7 Å². The standard InChI is InChI=1S/C11H15F2NO/c1-7-3-4-8(12)9(10(7)13)11(2,5-14)6-15/h3-4,15H,5-6,14H2,1-2H3. The van der Waals surface area contributed by atoms with Crippen molar-refractivity contribution in [3.05, 3.63) is 34.9 Å². The molecule has 1 aromatic rings. The fourth-order valence-electron chi connectivity index (χ4n) is 1.46. The van der Waals surface area contributed by atoms with Crippen LogP contribution in [0.3, 0.4) is 0 Å². The summed E-state index contributed by atoms with van der Waals surface area (Å²) in [6.45, 7) is 2.68. The molecule has 0 saturated heterocycles. The lowest BCUT2D eigenvalue weighted by Gasteiger charge is -2.27. The molecule has 15 heavy (non-hydrogen) atoms. The fourth-order valence-corrected chi connectivity index (χ4v) is 1.46. The second kappa shape index (κ2) is 4.24. The maximum absolute atomic E-state index is 13.7. The summed E-state index contributed by atoms with van der Waals surface area (Å²) in [5.74, 6) is -1.29. The number of hydrogen-bond acceptors (Lipinski definition) is 2. The highest BCUT2D eigenvalue weighted by atomic mass is 19.1. The number of aryl methyl sites for hydroxylation is 1. The van der Waals surface area contributed by atoms with E-state index in [1.165, 1.54) is 19.1 Å². The van der Waals surface area contributed by atoms with Gasteiger partial charge in [0.2, 0.25) is 0 Å². The van der Waals surface area contributed by atoms with Crippen molar-refractivity contribution in [2.24, 2.45) is 5.73 Å². The summed E-state index contributed by atoms with van der Waals surface area (Å²) in [6.07, 6.45) is 0. The zero-order valence-corrected chi connectivity index (χ0v) is 8.85. The van der Waals surface area contributed by atoms with Gasteiger partial charge in [-0.2, -0.15) is 0 Å². The molecule has 0 aliphatic heterocycles. The van der Waals surface area contributed by atoms with E-state index in [1.807, 2.05) is 0 Å². The van der Waals surface area contributed by atoms with Crippen LogP contribution in [0.25, 0.3) is 0 Å². The van der Waals surface area contributed by atoms with Gasteiger partial charge in [0.05, 0.1) is 6.61 Å². The van der Waals surface area contributed by atoms with Gasteiger partial charge in [0.15, 0.2) is 0 Å². The average molecular weight is 215 g/mol. The van der Waals surface area contributed by atoms with Crippen molar-refractivity contribution in [3.63, 3.8) is 0 Å².